The highest BCUT2D eigenvalue weighted by Gasteiger charge is 2.28. The van der Waals surface area contributed by atoms with E-state index >= 15 is 0 Å². The average molecular weight is 404 g/mol. The Bertz CT molecular complexity index is 796. The minimum absolute atomic E-state index is 0.0507. The Morgan fingerprint density at radius 1 is 1.07 bits per heavy atom. The van der Waals surface area contributed by atoms with E-state index in [0.29, 0.717) is 12.1 Å². The molecule has 2 aromatic carbocycles. The van der Waals surface area contributed by atoms with Crippen molar-refractivity contribution in [2.45, 2.75) is 70.6 Å². The van der Waals surface area contributed by atoms with Crippen LogP contribution < -0.4 is 14.8 Å². The molecule has 29 heavy (non-hydrogen) atoms. The van der Waals surface area contributed by atoms with Crippen LogP contribution in [0.4, 0.5) is 8.78 Å². The zero-order valence-corrected chi connectivity index (χ0v) is 17.3. The minimum Gasteiger partial charge on any atom is -0.497 e. The van der Waals surface area contributed by atoms with Crippen molar-refractivity contribution in [2.24, 2.45) is 0 Å². The fourth-order valence-corrected chi connectivity index (χ4v) is 3.89. The smallest absolute Gasteiger partial charge is 0.130 e. The summed E-state index contributed by atoms with van der Waals surface area (Å²) in [7, 11) is 1.64. The van der Waals surface area contributed by atoms with Crippen LogP contribution in [0, 0.1) is 11.6 Å². The first kappa shape index (κ1) is 21.6. The van der Waals surface area contributed by atoms with E-state index in [1.807, 2.05) is 18.2 Å². The molecule has 2 unspecified atom stereocenters. The molecule has 0 saturated carbocycles. The molecule has 0 spiro atoms. The third-order valence-electron chi connectivity index (χ3n) is 5.57. The second-order valence-electron chi connectivity index (χ2n) is 7.75. The quantitative estimate of drug-likeness (QED) is 0.471. The summed E-state index contributed by atoms with van der Waals surface area (Å²) in [6, 6.07) is 9.61. The molecule has 5 heteroatoms. The van der Waals surface area contributed by atoms with E-state index in [1.54, 1.807) is 7.11 Å². The Kier molecular flexibility index (Phi) is 7.87. The van der Waals surface area contributed by atoms with Crippen LogP contribution in [0.2, 0.25) is 0 Å². The van der Waals surface area contributed by atoms with Crippen molar-refractivity contribution < 1.29 is 18.3 Å². The Morgan fingerprint density at radius 2 is 1.90 bits per heavy atom. The van der Waals surface area contributed by atoms with Gasteiger partial charge in [0.15, 0.2) is 0 Å². The van der Waals surface area contributed by atoms with Gasteiger partial charge in [-0.3, -0.25) is 0 Å². The summed E-state index contributed by atoms with van der Waals surface area (Å²) in [6.45, 7) is 2.56. The number of benzene rings is 2. The summed E-state index contributed by atoms with van der Waals surface area (Å²) < 4.78 is 38.8. The van der Waals surface area contributed by atoms with E-state index < -0.39 is 11.6 Å². The molecular formula is C24H31F2NO2. The summed E-state index contributed by atoms with van der Waals surface area (Å²) in [5.41, 5.74) is 1.51. The van der Waals surface area contributed by atoms with E-state index in [0.717, 1.165) is 42.4 Å². The Labute approximate surface area is 172 Å². The number of fused-ring (bicyclic) bond motifs is 1. The van der Waals surface area contributed by atoms with Crippen LogP contribution in [0.25, 0.3) is 0 Å². The lowest BCUT2D eigenvalue weighted by Crippen LogP contribution is -2.33. The van der Waals surface area contributed by atoms with Crippen LogP contribution in [0.15, 0.2) is 36.4 Å². The van der Waals surface area contributed by atoms with Gasteiger partial charge in [-0.15, -0.1) is 0 Å². The summed E-state index contributed by atoms with van der Waals surface area (Å²) in [6.07, 6.45) is 8.09. The second kappa shape index (κ2) is 10.6. The zero-order valence-electron chi connectivity index (χ0n) is 17.3. The van der Waals surface area contributed by atoms with Gasteiger partial charge >= 0.3 is 0 Å². The number of nitrogens with one attached hydrogen (secondary N) is 1. The number of hydrogen-bond donors (Lipinski definition) is 1. The Morgan fingerprint density at radius 3 is 2.66 bits per heavy atom. The molecule has 0 amide bonds. The molecule has 1 N–H and O–H groups in total. The average Bonchev–Trinajstić information content (AvgIpc) is 2.72. The first-order valence-corrected chi connectivity index (χ1v) is 10.6. The molecule has 1 aliphatic rings. The van der Waals surface area contributed by atoms with Gasteiger partial charge in [0.25, 0.3) is 0 Å². The van der Waals surface area contributed by atoms with Gasteiger partial charge < -0.3 is 14.8 Å². The number of halogens is 2. The van der Waals surface area contributed by atoms with Gasteiger partial charge in [0, 0.05) is 42.3 Å². The molecule has 1 heterocycles. The first-order valence-electron chi connectivity index (χ1n) is 10.6. The van der Waals surface area contributed by atoms with Gasteiger partial charge in [0.05, 0.1) is 7.11 Å². The summed E-state index contributed by atoms with van der Waals surface area (Å²) in [4.78, 5) is 0. The topological polar surface area (TPSA) is 30.5 Å². The molecule has 0 radical (unpaired) electrons. The van der Waals surface area contributed by atoms with E-state index in [4.69, 9.17) is 9.47 Å². The summed E-state index contributed by atoms with van der Waals surface area (Å²) >= 11 is 0. The monoisotopic (exact) mass is 403 g/mol. The van der Waals surface area contributed by atoms with E-state index in [2.05, 4.69) is 12.2 Å². The molecule has 3 rings (SSSR count). The van der Waals surface area contributed by atoms with Crippen molar-refractivity contribution in [1.82, 2.24) is 5.32 Å². The van der Waals surface area contributed by atoms with E-state index in [9.17, 15) is 8.78 Å². The molecule has 3 nitrogen and oxygen atoms in total. The highest BCUT2D eigenvalue weighted by atomic mass is 19.1. The fraction of sp³-hybridized carbons (Fsp3) is 0.500. The van der Waals surface area contributed by atoms with Gasteiger partial charge in [0.1, 0.15) is 29.2 Å². The van der Waals surface area contributed by atoms with Crippen molar-refractivity contribution >= 4 is 0 Å². The molecular weight excluding hydrogens is 372 g/mol. The van der Waals surface area contributed by atoms with Crippen molar-refractivity contribution in [3.63, 3.8) is 0 Å². The number of ether oxygens (including phenoxy) is 2. The zero-order chi connectivity index (χ0) is 20.6. The standard InChI is InChI=1S/C24H31F2NO2/c1-3-4-5-6-7-8-20-14-23(21-12-11-19(28-2)15-24(21)29-20)27-16-17-9-10-18(25)13-22(17)26/h9-13,15,20,23,27H,3-8,14,16H2,1-2H3. The molecule has 0 aromatic heterocycles. The van der Waals surface area contributed by atoms with Crippen molar-refractivity contribution in [3.8, 4) is 11.5 Å². The maximum absolute atomic E-state index is 14.0. The van der Waals surface area contributed by atoms with Crippen LogP contribution >= 0.6 is 0 Å². The largest absolute Gasteiger partial charge is 0.497 e. The summed E-state index contributed by atoms with van der Waals surface area (Å²) in [5, 5.41) is 3.45. The molecule has 2 aromatic rings. The number of hydrogen-bond acceptors (Lipinski definition) is 3. The lowest BCUT2D eigenvalue weighted by atomic mass is 9.93. The van der Waals surface area contributed by atoms with Crippen LogP contribution in [0.1, 0.15) is 69.0 Å². The maximum atomic E-state index is 14.0. The van der Waals surface area contributed by atoms with E-state index in [-0.39, 0.29) is 12.1 Å². The van der Waals surface area contributed by atoms with Gasteiger partial charge in [-0.25, -0.2) is 8.78 Å². The molecule has 0 fully saturated rings. The number of unbranched alkanes of at least 4 members (excludes halogenated alkanes) is 4. The second-order valence-corrected chi connectivity index (χ2v) is 7.75. The molecule has 0 aliphatic carbocycles. The minimum atomic E-state index is -0.558. The molecule has 1 aliphatic heterocycles. The Hall–Kier alpha value is -2.14. The SMILES string of the molecule is CCCCCCCC1CC(NCc2ccc(F)cc2F)c2ccc(OC)cc2O1. The third-order valence-corrected chi connectivity index (χ3v) is 5.57. The van der Waals surface area contributed by atoms with Crippen LogP contribution in [-0.4, -0.2) is 13.2 Å². The van der Waals surface area contributed by atoms with Crippen LogP contribution in [-0.2, 0) is 6.54 Å². The van der Waals surface area contributed by atoms with Gasteiger partial charge in [-0.1, -0.05) is 44.7 Å². The molecule has 0 bridgehead atoms. The fourth-order valence-electron chi connectivity index (χ4n) is 3.89. The maximum Gasteiger partial charge on any atom is 0.130 e. The van der Waals surface area contributed by atoms with Crippen molar-refractivity contribution in [3.05, 3.63) is 59.2 Å². The predicted octanol–water partition coefficient (Wildman–Crippen LogP) is 6.32. The first-order chi connectivity index (χ1) is 14.1. The van der Waals surface area contributed by atoms with Crippen LogP contribution in [0.3, 0.4) is 0 Å². The predicted molar refractivity (Wildman–Crippen MR) is 111 cm³/mol. The Balaban J connectivity index is 1.68. The number of methoxy groups -OCH3 is 1. The normalized spacial score (nSPS) is 18.2. The van der Waals surface area contributed by atoms with Crippen molar-refractivity contribution in [2.75, 3.05) is 7.11 Å². The van der Waals surface area contributed by atoms with Crippen LogP contribution in [0.5, 0.6) is 11.5 Å². The van der Waals surface area contributed by atoms with Gasteiger partial charge in [-0.05, 0) is 25.0 Å². The molecule has 158 valence electrons. The van der Waals surface area contributed by atoms with Crippen molar-refractivity contribution in [1.29, 1.82) is 0 Å². The highest BCUT2D eigenvalue weighted by molar-refractivity contribution is 5.44. The van der Waals surface area contributed by atoms with E-state index in [1.165, 1.54) is 37.8 Å². The molecule has 2 atom stereocenters. The van der Waals surface area contributed by atoms with Gasteiger partial charge in [0.2, 0.25) is 0 Å². The highest BCUT2D eigenvalue weighted by Crippen LogP contribution is 2.38. The van der Waals surface area contributed by atoms with Gasteiger partial charge in [-0.2, -0.15) is 0 Å². The summed E-state index contributed by atoms with van der Waals surface area (Å²) in [5.74, 6) is 0.506. The number of rotatable bonds is 10. The molecule has 0 saturated heterocycles. The third kappa shape index (κ3) is 5.92. The lowest BCUT2D eigenvalue weighted by Gasteiger charge is -2.33. The lowest BCUT2D eigenvalue weighted by molar-refractivity contribution is 0.136.